The van der Waals surface area contributed by atoms with Crippen molar-refractivity contribution in [2.45, 2.75) is 45.4 Å². The third-order valence-electron chi connectivity index (χ3n) is 4.26. The van der Waals surface area contributed by atoms with Gasteiger partial charge in [-0.2, -0.15) is 0 Å². The zero-order chi connectivity index (χ0) is 15.2. The molecule has 0 spiro atoms. The van der Waals surface area contributed by atoms with Gasteiger partial charge in [0.15, 0.2) is 0 Å². The Morgan fingerprint density at radius 1 is 0.818 bits per heavy atom. The molecule has 0 aliphatic carbocycles. The molecular weight excluding hydrogens is 268 g/mol. The van der Waals surface area contributed by atoms with Crippen LogP contribution in [0.5, 0.6) is 0 Å². The smallest absolute Gasteiger partial charge is 0.135 e. The van der Waals surface area contributed by atoms with Crippen molar-refractivity contribution < 1.29 is 4.42 Å². The summed E-state index contributed by atoms with van der Waals surface area (Å²) in [5.74, 6) is 0.967. The summed E-state index contributed by atoms with van der Waals surface area (Å²) < 4.78 is 6.04. The lowest BCUT2D eigenvalue weighted by Gasteiger charge is -2.02. The molecule has 3 aromatic rings. The standard InChI is InChI=1S/C21H24O/c1-2-3-4-5-7-11-17-14-10-15-20-19(17)16-21(22-20)18-12-8-6-9-13-18/h6,8-10,12-16H,2-5,7,11H2,1H3. The fourth-order valence-electron chi connectivity index (χ4n) is 3.00. The number of fused-ring (bicyclic) bond motifs is 1. The molecule has 1 heterocycles. The van der Waals surface area contributed by atoms with E-state index in [-0.39, 0.29) is 0 Å². The third-order valence-corrected chi connectivity index (χ3v) is 4.26. The summed E-state index contributed by atoms with van der Waals surface area (Å²) in [5.41, 5.74) is 3.57. The highest BCUT2D eigenvalue weighted by Gasteiger charge is 2.09. The molecule has 0 fully saturated rings. The van der Waals surface area contributed by atoms with Crippen molar-refractivity contribution in [3.8, 4) is 11.3 Å². The Balaban J connectivity index is 1.78. The first-order valence-electron chi connectivity index (χ1n) is 8.45. The average Bonchev–Trinajstić information content (AvgIpc) is 3.00. The molecule has 3 rings (SSSR count). The van der Waals surface area contributed by atoms with Gasteiger partial charge in [-0.3, -0.25) is 0 Å². The monoisotopic (exact) mass is 292 g/mol. The van der Waals surface area contributed by atoms with Crippen molar-refractivity contribution in [2.75, 3.05) is 0 Å². The average molecular weight is 292 g/mol. The normalized spacial score (nSPS) is 11.1. The molecule has 1 heteroatoms. The van der Waals surface area contributed by atoms with E-state index in [0.29, 0.717) is 0 Å². The fraction of sp³-hybridized carbons (Fsp3) is 0.333. The van der Waals surface area contributed by atoms with E-state index in [1.54, 1.807) is 0 Å². The second-order valence-corrected chi connectivity index (χ2v) is 5.97. The van der Waals surface area contributed by atoms with Crippen LogP contribution in [-0.2, 0) is 6.42 Å². The summed E-state index contributed by atoms with van der Waals surface area (Å²) in [6.45, 7) is 2.26. The van der Waals surface area contributed by atoms with Crippen molar-refractivity contribution in [3.05, 3.63) is 60.2 Å². The van der Waals surface area contributed by atoms with E-state index in [2.05, 4.69) is 55.5 Å². The highest BCUT2D eigenvalue weighted by atomic mass is 16.3. The van der Waals surface area contributed by atoms with Gasteiger partial charge in [0.2, 0.25) is 0 Å². The van der Waals surface area contributed by atoms with Crippen molar-refractivity contribution >= 4 is 11.0 Å². The number of unbranched alkanes of at least 4 members (excludes halogenated alkanes) is 4. The largest absolute Gasteiger partial charge is 0.456 e. The Kier molecular flexibility index (Phi) is 4.95. The van der Waals surface area contributed by atoms with E-state index in [1.165, 1.54) is 43.1 Å². The first-order chi connectivity index (χ1) is 10.9. The van der Waals surface area contributed by atoms with Crippen LogP contribution < -0.4 is 0 Å². The Labute approximate surface area is 133 Å². The second-order valence-electron chi connectivity index (χ2n) is 5.97. The van der Waals surface area contributed by atoms with Gasteiger partial charge in [0.25, 0.3) is 0 Å². The number of furan rings is 1. The number of benzene rings is 2. The van der Waals surface area contributed by atoms with Crippen LogP contribution in [0.4, 0.5) is 0 Å². The SMILES string of the molecule is CCCCCCCc1cccc2oc(-c3ccccc3)cc12. The quantitative estimate of drug-likeness (QED) is 0.446. The van der Waals surface area contributed by atoms with Crippen LogP contribution in [0.3, 0.4) is 0 Å². The van der Waals surface area contributed by atoms with Gasteiger partial charge < -0.3 is 4.42 Å². The zero-order valence-corrected chi connectivity index (χ0v) is 13.3. The van der Waals surface area contributed by atoms with Gasteiger partial charge in [0, 0.05) is 10.9 Å². The molecule has 0 radical (unpaired) electrons. The highest BCUT2D eigenvalue weighted by molar-refractivity contribution is 5.85. The number of hydrogen-bond acceptors (Lipinski definition) is 1. The minimum atomic E-state index is 0.967. The predicted molar refractivity (Wildman–Crippen MR) is 94.1 cm³/mol. The Morgan fingerprint density at radius 3 is 2.45 bits per heavy atom. The molecule has 0 atom stereocenters. The highest BCUT2D eigenvalue weighted by Crippen LogP contribution is 2.30. The van der Waals surface area contributed by atoms with Gasteiger partial charge in [-0.15, -0.1) is 0 Å². The van der Waals surface area contributed by atoms with Gasteiger partial charge in [-0.1, -0.05) is 75.1 Å². The summed E-state index contributed by atoms with van der Waals surface area (Å²) in [7, 11) is 0. The zero-order valence-electron chi connectivity index (χ0n) is 13.3. The Morgan fingerprint density at radius 2 is 1.64 bits per heavy atom. The molecular formula is C21H24O. The summed E-state index contributed by atoms with van der Waals surface area (Å²) in [6.07, 6.45) is 7.76. The topological polar surface area (TPSA) is 13.1 Å². The van der Waals surface area contributed by atoms with Crippen LogP contribution in [0, 0.1) is 0 Å². The van der Waals surface area contributed by atoms with E-state index < -0.39 is 0 Å². The first kappa shape index (κ1) is 14.9. The maximum absolute atomic E-state index is 6.04. The number of hydrogen-bond donors (Lipinski definition) is 0. The number of aryl methyl sites for hydroxylation is 1. The third kappa shape index (κ3) is 3.41. The van der Waals surface area contributed by atoms with Crippen LogP contribution in [0.25, 0.3) is 22.3 Å². The van der Waals surface area contributed by atoms with Gasteiger partial charge in [-0.25, -0.2) is 0 Å². The molecule has 1 aromatic heterocycles. The second kappa shape index (κ2) is 7.31. The molecule has 0 saturated carbocycles. The molecule has 2 aromatic carbocycles. The minimum Gasteiger partial charge on any atom is -0.456 e. The van der Waals surface area contributed by atoms with E-state index >= 15 is 0 Å². The summed E-state index contributed by atoms with van der Waals surface area (Å²) >= 11 is 0. The predicted octanol–water partition coefficient (Wildman–Crippen LogP) is 6.61. The molecule has 0 N–H and O–H groups in total. The van der Waals surface area contributed by atoms with Gasteiger partial charge in [-0.05, 0) is 30.5 Å². The van der Waals surface area contributed by atoms with Crippen LogP contribution in [-0.4, -0.2) is 0 Å². The van der Waals surface area contributed by atoms with Crippen LogP contribution in [0.15, 0.2) is 59.0 Å². The molecule has 0 unspecified atom stereocenters. The molecule has 0 amide bonds. The lowest BCUT2D eigenvalue weighted by Crippen LogP contribution is -1.86. The molecule has 114 valence electrons. The van der Waals surface area contributed by atoms with Gasteiger partial charge in [0.1, 0.15) is 11.3 Å². The lowest BCUT2D eigenvalue weighted by atomic mass is 10.0. The van der Waals surface area contributed by atoms with E-state index in [9.17, 15) is 0 Å². The Hall–Kier alpha value is -2.02. The van der Waals surface area contributed by atoms with Crippen molar-refractivity contribution in [1.29, 1.82) is 0 Å². The van der Waals surface area contributed by atoms with Crippen LogP contribution in [0.1, 0.15) is 44.6 Å². The molecule has 22 heavy (non-hydrogen) atoms. The molecule has 0 bridgehead atoms. The maximum Gasteiger partial charge on any atom is 0.135 e. The van der Waals surface area contributed by atoms with Gasteiger partial charge >= 0.3 is 0 Å². The summed E-state index contributed by atoms with van der Waals surface area (Å²) in [5, 5.41) is 1.27. The maximum atomic E-state index is 6.04. The van der Waals surface area contributed by atoms with Crippen molar-refractivity contribution in [3.63, 3.8) is 0 Å². The van der Waals surface area contributed by atoms with Crippen LogP contribution in [0.2, 0.25) is 0 Å². The number of rotatable bonds is 7. The molecule has 0 saturated heterocycles. The van der Waals surface area contributed by atoms with Gasteiger partial charge in [0.05, 0.1) is 0 Å². The van der Waals surface area contributed by atoms with Crippen molar-refractivity contribution in [1.82, 2.24) is 0 Å². The fourth-order valence-corrected chi connectivity index (χ4v) is 3.00. The molecule has 0 aliphatic heterocycles. The lowest BCUT2D eigenvalue weighted by molar-refractivity contribution is 0.628. The Bertz CT molecular complexity index is 709. The van der Waals surface area contributed by atoms with E-state index in [1.807, 2.05) is 6.07 Å². The van der Waals surface area contributed by atoms with E-state index in [4.69, 9.17) is 4.42 Å². The summed E-state index contributed by atoms with van der Waals surface area (Å²) in [4.78, 5) is 0. The van der Waals surface area contributed by atoms with Crippen molar-refractivity contribution in [2.24, 2.45) is 0 Å². The minimum absolute atomic E-state index is 0.967. The molecule has 0 aliphatic rings. The van der Waals surface area contributed by atoms with E-state index in [0.717, 1.165) is 23.3 Å². The summed E-state index contributed by atoms with van der Waals surface area (Å²) in [6, 6.07) is 19.0. The first-order valence-corrected chi connectivity index (χ1v) is 8.45. The van der Waals surface area contributed by atoms with Crippen LogP contribution >= 0.6 is 0 Å². The molecule has 1 nitrogen and oxygen atoms in total.